The van der Waals surface area contributed by atoms with Crippen LogP contribution < -0.4 is 11.2 Å². The standard InChI is InChI=1S/C12H8N2O5/c15-9-7(10(16)14-12(18)13-9)8-5-3-1-2-4-6(5)11(17)19-8/h1-4,8H,(H3,13,14,15,16,18)/t8-/m0/s1. The molecule has 0 saturated heterocycles. The fourth-order valence-electron chi connectivity index (χ4n) is 2.09. The van der Waals surface area contributed by atoms with Gasteiger partial charge in [-0.3, -0.25) is 14.8 Å². The highest BCUT2D eigenvalue weighted by Crippen LogP contribution is 2.36. The number of esters is 1. The Balaban J connectivity index is 2.24. The maximum Gasteiger partial charge on any atom is 0.339 e. The van der Waals surface area contributed by atoms with Crippen molar-refractivity contribution in [2.75, 3.05) is 0 Å². The molecule has 1 atom stereocenters. The van der Waals surface area contributed by atoms with E-state index in [1.54, 1.807) is 24.3 Å². The predicted octanol–water partition coefficient (Wildman–Crippen LogP) is 0.0286. The third-order valence-electron chi connectivity index (χ3n) is 2.91. The Kier molecular flexibility index (Phi) is 2.28. The lowest BCUT2D eigenvalue weighted by Crippen LogP contribution is -2.27. The quantitative estimate of drug-likeness (QED) is 0.626. The van der Waals surface area contributed by atoms with Crippen LogP contribution in [0.15, 0.2) is 33.9 Å². The van der Waals surface area contributed by atoms with Gasteiger partial charge in [0.2, 0.25) is 5.88 Å². The lowest BCUT2D eigenvalue weighted by Gasteiger charge is -2.10. The minimum absolute atomic E-state index is 0.196. The van der Waals surface area contributed by atoms with Gasteiger partial charge in [0.15, 0.2) is 6.10 Å². The zero-order chi connectivity index (χ0) is 13.6. The van der Waals surface area contributed by atoms with Crippen molar-refractivity contribution in [2.45, 2.75) is 6.10 Å². The molecule has 0 radical (unpaired) electrons. The molecule has 2 heterocycles. The summed E-state index contributed by atoms with van der Waals surface area (Å²) in [5, 5.41) is 9.68. The highest BCUT2D eigenvalue weighted by Gasteiger charge is 2.35. The molecule has 1 aromatic carbocycles. The van der Waals surface area contributed by atoms with Crippen LogP contribution in [0.25, 0.3) is 0 Å². The van der Waals surface area contributed by atoms with Crippen molar-refractivity contribution >= 4 is 5.97 Å². The summed E-state index contributed by atoms with van der Waals surface area (Å²) in [5.41, 5.74) is -1.02. The Bertz CT molecular complexity index is 789. The molecule has 0 aliphatic carbocycles. The van der Waals surface area contributed by atoms with Crippen molar-refractivity contribution in [3.05, 3.63) is 61.8 Å². The van der Waals surface area contributed by atoms with E-state index in [4.69, 9.17) is 4.74 Å². The van der Waals surface area contributed by atoms with E-state index in [-0.39, 0.29) is 5.56 Å². The van der Waals surface area contributed by atoms with Gasteiger partial charge in [-0.2, -0.15) is 0 Å². The minimum atomic E-state index is -1.02. The lowest BCUT2D eigenvalue weighted by molar-refractivity contribution is 0.0450. The number of hydrogen-bond donors (Lipinski definition) is 3. The van der Waals surface area contributed by atoms with Crippen molar-refractivity contribution < 1.29 is 14.6 Å². The number of hydrogen-bond acceptors (Lipinski definition) is 5. The highest BCUT2D eigenvalue weighted by atomic mass is 16.5. The van der Waals surface area contributed by atoms with Crippen LogP contribution in [0.3, 0.4) is 0 Å². The molecule has 1 aliphatic rings. The lowest BCUT2D eigenvalue weighted by atomic mass is 10.0. The topological polar surface area (TPSA) is 112 Å². The molecule has 0 fully saturated rings. The number of ether oxygens (including phenoxy) is 1. The summed E-state index contributed by atoms with van der Waals surface area (Å²) in [4.78, 5) is 38.4. The molecule has 0 spiro atoms. The van der Waals surface area contributed by atoms with Crippen molar-refractivity contribution in [3.63, 3.8) is 0 Å². The van der Waals surface area contributed by atoms with Gasteiger partial charge in [0.05, 0.1) is 5.56 Å². The molecule has 0 saturated carbocycles. The zero-order valence-corrected chi connectivity index (χ0v) is 9.47. The Hall–Kier alpha value is -2.83. The molecule has 0 amide bonds. The first-order valence-electron chi connectivity index (χ1n) is 5.43. The number of benzene rings is 1. The largest absolute Gasteiger partial charge is 0.494 e. The molecule has 19 heavy (non-hydrogen) atoms. The summed E-state index contributed by atoms with van der Waals surface area (Å²) in [5.74, 6) is -1.19. The highest BCUT2D eigenvalue weighted by molar-refractivity contribution is 5.94. The SMILES string of the molecule is O=C1O[C@H](c2c(O)[nH]c(=O)[nH]c2=O)c2ccccc21. The number of nitrogens with one attached hydrogen (secondary N) is 2. The molecule has 0 unspecified atom stereocenters. The van der Waals surface area contributed by atoms with Gasteiger partial charge in [0, 0.05) is 5.56 Å². The van der Waals surface area contributed by atoms with Gasteiger partial charge < -0.3 is 9.84 Å². The number of aromatic amines is 2. The molecule has 2 aromatic rings. The molecule has 3 rings (SSSR count). The Morgan fingerprint density at radius 2 is 1.84 bits per heavy atom. The monoisotopic (exact) mass is 260 g/mol. The van der Waals surface area contributed by atoms with Crippen LogP contribution in [0.1, 0.15) is 27.6 Å². The maximum atomic E-state index is 11.7. The van der Waals surface area contributed by atoms with E-state index >= 15 is 0 Å². The number of fused-ring (bicyclic) bond motifs is 1. The smallest absolute Gasteiger partial charge is 0.339 e. The molecule has 7 nitrogen and oxygen atoms in total. The fourth-order valence-corrected chi connectivity index (χ4v) is 2.09. The van der Waals surface area contributed by atoms with E-state index in [1.165, 1.54) is 0 Å². The number of rotatable bonds is 1. The molecule has 1 aromatic heterocycles. The van der Waals surface area contributed by atoms with Gasteiger partial charge in [0.1, 0.15) is 5.56 Å². The number of carbonyl (C=O) groups excluding carboxylic acids is 1. The van der Waals surface area contributed by atoms with Gasteiger partial charge in [-0.1, -0.05) is 18.2 Å². The van der Waals surface area contributed by atoms with Gasteiger partial charge >= 0.3 is 11.7 Å². The molecule has 0 bridgehead atoms. The van der Waals surface area contributed by atoms with Crippen LogP contribution in [0, 0.1) is 0 Å². The average Bonchev–Trinajstić information content (AvgIpc) is 2.67. The zero-order valence-electron chi connectivity index (χ0n) is 9.47. The Morgan fingerprint density at radius 3 is 2.58 bits per heavy atom. The number of cyclic esters (lactones) is 1. The number of aromatic nitrogens is 2. The normalized spacial score (nSPS) is 17.1. The third-order valence-corrected chi connectivity index (χ3v) is 2.91. The van der Waals surface area contributed by atoms with Gasteiger partial charge in [0.25, 0.3) is 5.56 Å². The first-order valence-corrected chi connectivity index (χ1v) is 5.43. The van der Waals surface area contributed by atoms with Gasteiger partial charge in [-0.25, -0.2) is 9.59 Å². The molecular formula is C12H8N2O5. The van der Waals surface area contributed by atoms with E-state index in [1.807, 2.05) is 4.98 Å². The van der Waals surface area contributed by atoms with E-state index in [0.717, 1.165) is 0 Å². The van der Waals surface area contributed by atoms with E-state index in [2.05, 4.69) is 4.98 Å². The summed E-state index contributed by atoms with van der Waals surface area (Å²) in [7, 11) is 0. The molecular weight excluding hydrogens is 252 g/mol. The number of aromatic hydroxyl groups is 1. The van der Waals surface area contributed by atoms with Gasteiger partial charge in [-0.05, 0) is 6.07 Å². The summed E-state index contributed by atoms with van der Waals surface area (Å²) < 4.78 is 5.08. The van der Waals surface area contributed by atoms with Crippen LogP contribution >= 0.6 is 0 Å². The third kappa shape index (κ3) is 1.63. The molecule has 96 valence electrons. The summed E-state index contributed by atoms with van der Waals surface area (Å²) in [6.07, 6.45) is -1.02. The van der Waals surface area contributed by atoms with E-state index < -0.39 is 29.2 Å². The molecule has 7 heteroatoms. The second-order valence-electron chi connectivity index (χ2n) is 4.04. The molecule has 3 N–H and O–H groups in total. The second kappa shape index (κ2) is 3.84. The van der Waals surface area contributed by atoms with E-state index in [9.17, 15) is 19.5 Å². The van der Waals surface area contributed by atoms with E-state index in [0.29, 0.717) is 11.1 Å². The summed E-state index contributed by atoms with van der Waals surface area (Å²) >= 11 is 0. The Morgan fingerprint density at radius 1 is 1.11 bits per heavy atom. The van der Waals surface area contributed by atoms with Crippen molar-refractivity contribution in [1.82, 2.24) is 9.97 Å². The van der Waals surface area contributed by atoms with Crippen LogP contribution in [0.4, 0.5) is 0 Å². The summed E-state index contributed by atoms with van der Waals surface area (Å²) in [6.45, 7) is 0. The predicted molar refractivity (Wildman–Crippen MR) is 63.0 cm³/mol. The molecule has 1 aliphatic heterocycles. The minimum Gasteiger partial charge on any atom is -0.494 e. The van der Waals surface area contributed by atoms with Crippen LogP contribution in [0.2, 0.25) is 0 Å². The van der Waals surface area contributed by atoms with Crippen molar-refractivity contribution in [1.29, 1.82) is 0 Å². The Labute approximate surface area is 105 Å². The maximum absolute atomic E-state index is 11.7. The summed E-state index contributed by atoms with van der Waals surface area (Å²) in [6, 6.07) is 6.54. The van der Waals surface area contributed by atoms with Crippen molar-refractivity contribution in [2.24, 2.45) is 0 Å². The fraction of sp³-hybridized carbons (Fsp3) is 0.0833. The second-order valence-corrected chi connectivity index (χ2v) is 4.04. The van der Waals surface area contributed by atoms with Crippen LogP contribution in [-0.4, -0.2) is 21.0 Å². The van der Waals surface area contributed by atoms with Crippen LogP contribution in [-0.2, 0) is 4.74 Å². The van der Waals surface area contributed by atoms with Crippen molar-refractivity contribution in [3.8, 4) is 5.88 Å². The van der Waals surface area contributed by atoms with Gasteiger partial charge in [-0.15, -0.1) is 0 Å². The first-order chi connectivity index (χ1) is 9.08. The van der Waals surface area contributed by atoms with Crippen LogP contribution in [0.5, 0.6) is 5.88 Å². The number of carbonyl (C=O) groups is 1. The average molecular weight is 260 g/mol. The first kappa shape index (κ1) is 11.3. The number of H-pyrrole nitrogens is 2.